The van der Waals surface area contributed by atoms with Crippen LogP contribution in [0.25, 0.3) is 0 Å². The first kappa shape index (κ1) is 13.5. The summed E-state index contributed by atoms with van der Waals surface area (Å²) in [4.78, 5) is 11.4. The van der Waals surface area contributed by atoms with Crippen LogP contribution in [0.3, 0.4) is 0 Å². The van der Waals surface area contributed by atoms with Crippen molar-refractivity contribution in [3.05, 3.63) is 29.8 Å². The summed E-state index contributed by atoms with van der Waals surface area (Å²) in [5, 5.41) is 2.77. The van der Waals surface area contributed by atoms with Crippen molar-refractivity contribution in [2.24, 2.45) is 5.73 Å². The first-order valence-electron chi connectivity index (χ1n) is 5.78. The molecule has 94 valence electrons. The Balaban J connectivity index is 2.67. The molecule has 17 heavy (non-hydrogen) atoms. The fourth-order valence-corrected chi connectivity index (χ4v) is 1.36. The van der Waals surface area contributed by atoms with Gasteiger partial charge in [-0.1, -0.05) is 18.2 Å². The van der Waals surface area contributed by atoms with Crippen LogP contribution in [0.5, 0.6) is 5.75 Å². The maximum absolute atomic E-state index is 11.4. The van der Waals surface area contributed by atoms with E-state index >= 15 is 0 Å². The predicted octanol–water partition coefficient (Wildman–Crippen LogP) is 1.44. The van der Waals surface area contributed by atoms with Crippen LogP contribution >= 0.6 is 0 Å². The lowest BCUT2D eigenvalue weighted by atomic mass is 10.2. The number of benzene rings is 1. The number of hydrogen-bond acceptors (Lipinski definition) is 3. The standard InChI is InChI=1S/C13H20N2O2/c1-9(2)17-12-7-5-4-6-11(12)8-15-13(16)10(3)14/h4-7,9-10H,8,14H2,1-3H3,(H,15,16)/t10-/m1/s1. The fraction of sp³-hybridized carbons (Fsp3) is 0.462. The van der Waals surface area contributed by atoms with Crippen molar-refractivity contribution in [1.82, 2.24) is 5.32 Å². The number of nitrogens with two attached hydrogens (primary N) is 1. The van der Waals surface area contributed by atoms with Crippen LogP contribution < -0.4 is 15.8 Å². The minimum absolute atomic E-state index is 0.111. The molecule has 1 aromatic carbocycles. The molecule has 0 radical (unpaired) electrons. The number of carbonyl (C=O) groups is 1. The summed E-state index contributed by atoms with van der Waals surface area (Å²) in [6.45, 7) is 6.03. The van der Waals surface area contributed by atoms with Crippen molar-refractivity contribution in [3.63, 3.8) is 0 Å². The third-order valence-corrected chi connectivity index (χ3v) is 2.20. The van der Waals surface area contributed by atoms with Crippen molar-refractivity contribution in [2.75, 3.05) is 0 Å². The maximum atomic E-state index is 11.4. The summed E-state index contributed by atoms with van der Waals surface area (Å²) >= 11 is 0. The highest BCUT2D eigenvalue weighted by Crippen LogP contribution is 2.18. The molecule has 0 bridgehead atoms. The summed E-state index contributed by atoms with van der Waals surface area (Å²) in [6.07, 6.45) is 0.111. The average Bonchev–Trinajstić information content (AvgIpc) is 2.26. The Morgan fingerprint density at radius 3 is 2.59 bits per heavy atom. The summed E-state index contributed by atoms with van der Waals surface area (Å²) in [5.41, 5.74) is 6.43. The van der Waals surface area contributed by atoms with Gasteiger partial charge in [0.25, 0.3) is 0 Å². The van der Waals surface area contributed by atoms with Crippen LogP contribution in [0, 0.1) is 0 Å². The van der Waals surface area contributed by atoms with E-state index in [1.807, 2.05) is 38.1 Å². The molecule has 0 fully saturated rings. The normalized spacial score (nSPS) is 12.3. The van der Waals surface area contributed by atoms with Crippen LogP contribution in [0.2, 0.25) is 0 Å². The van der Waals surface area contributed by atoms with E-state index < -0.39 is 6.04 Å². The minimum atomic E-state index is -0.492. The summed E-state index contributed by atoms with van der Waals surface area (Å²) in [7, 11) is 0. The van der Waals surface area contributed by atoms with Crippen molar-refractivity contribution < 1.29 is 9.53 Å². The highest BCUT2D eigenvalue weighted by atomic mass is 16.5. The van der Waals surface area contributed by atoms with Gasteiger partial charge >= 0.3 is 0 Å². The van der Waals surface area contributed by atoms with Crippen LogP contribution in [0.4, 0.5) is 0 Å². The molecule has 0 aliphatic rings. The second kappa shape index (κ2) is 6.25. The van der Waals surface area contributed by atoms with E-state index in [2.05, 4.69) is 5.32 Å². The van der Waals surface area contributed by atoms with E-state index in [-0.39, 0.29) is 12.0 Å². The molecule has 3 N–H and O–H groups in total. The van der Waals surface area contributed by atoms with Crippen LogP contribution in [0.15, 0.2) is 24.3 Å². The minimum Gasteiger partial charge on any atom is -0.491 e. The molecule has 0 unspecified atom stereocenters. The number of nitrogens with one attached hydrogen (secondary N) is 1. The first-order chi connectivity index (χ1) is 8.00. The Labute approximate surface area is 102 Å². The molecule has 0 heterocycles. The SMILES string of the molecule is CC(C)Oc1ccccc1CNC(=O)[C@@H](C)N. The molecule has 0 spiro atoms. The Bertz CT molecular complexity index is 375. The number of carbonyl (C=O) groups excluding carboxylic acids is 1. The lowest BCUT2D eigenvalue weighted by molar-refractivity contribution is -0.122. The highest BCUT2D eigenvalue weighted by Gasteiger charge is 2.09. The summed E-state index contributed by atoms with van der Waals surface area (Å²) < 4.78 is 5.66. The zero-order valence-electron chi connectivity index (χ0n) is 10.6. The van der Waals surface area contributed by atoms with Crippen molar-refractivity contribution >= 4 is 5.91 Å². The molecule has 0 aliphatic heterocycles. The van der Waals surface area contributed by atoms with Gasteiger partial charge < -0.3 is 15.8 Å². The van der Waals surface area contributed by atoms with Gasteiger partial charge in [-0.25, -0.2) is 0 Å². The predicted molar refractivity (Wildman–Crippen MR) is 67.7 cm³/mol. The van der Waals surface area contributed by atoms with E-state index in [0.717, 1.165) is 11.3 Å². The summed E-state index contributed by atoms with van der Waals surface area (Å²) in [6, 6.07) is 7.16. The number of hydrogen-bond donors (Lipinski definition) is 2. The maximum Gasteiger partial charge on any atom is 0.236 e. The number of rotatable bonds is 5. The van der Waals surface area contributed by atoms with Gasteiger partial charge in [0, 0.05) is 12.1 Å². The number of ether oxygens (including phenoxy) is 1. The molecule has 0 aliphatic carbocycles. The molecular weight excluding hydrogens is 216 g/mol. The van der Waals surface area contributed by atoms with Gasteiger partial charge in [0.15, 0.2) is 0 Å². The zero-order chi connectivity index (χ0) is 12.8. The van der Waals surface area contributed by atoms with Gasteiger partial charge in [-0.3, -0.25) is 4.79 Å². The Morgan fingerprint density at radius 1 is 1.35 bits per heavy atom. The van der Waals surface area contributed by atoms with Crippen LogP contribution in [0.1, 0.15) is 26.3 Å². The van der Waals surface area contributed by atoms with Crippen molar-refractivity contribution in [3.8, 4) is 5.75 Å². The molecular formula is C13H20N2O2. The van der Waals surface area contributed by atoms with Gasteiger partial charge in [0.05, 0.1) is 12.1 Å². The molecule has 0 aromatic heterocycles. The molecule has 4 heteroatoms. The molecule has 1 aromatic rings. The third-order valence-electron chi connectivity index (χ3n) is 2.20. The quantitative estimate of drug-likeness (QED) is 0.813. The largest absolute Gasteiger partial charge is 0.491 e. The van der Waals surface area contributed by atoms with E-state index in [4.69, 9.17) is 10.5 Å². The monoisotopic (exact) mass is 236 g/mol. The Morgan fingerprint density at radius 2 is 2.00 bits per heavy atom. The highest BCUT2D eigenvalue weighted by molar-refractivity contribution is 5.80. The fourth-order valence-electron chi connectivity index (χ4n) is 1.36. The zero-order valence-corrected chi connectivity index (χ0v) is 10.6. The van der Waals surface area contributed by atoms with Crippen molar-refractivity contribution in [1.29, 1.82) is 0 Å². The van der Waals surface area contributed by atoms with E-state index in [1.54, 1.807) is 6.92 Å². The molecule has 4 nitrogen and oxygen atoms in total. The Hall–Kier alpha value is -1.55. The van der Waals surface area contributed by atoms with Gasteiger partial charge in [0.1, 0.15) is 5.75 Å². The molecule has 0 saturated carbocycles. The molecule has 1 amide bonds. The molecule has 1 rings (SSSR count). The molecule has 1 atom stereocenters. The third kappa shape index (κ3) is 4.44. The van der Waals surface area contributed by atoms with Gasteiger partial charge in [-0.05, 0) is 26.8 Å². The van der Waals surface area contributed by atoms with Gasteiger partial charge in [0.2, 0.25) is 5.91 Å². The lowest BCUT2D eigenvalue weighted by Crippen LogP contribution is -2.37. The van der Waals surface area contributed by atoms with Gasteiger partial charge in [-0.2, -0.15) is 0 Å². The van der Waals surface area contributed by atoms with E-state index in [9.17, 15) is 4.79 Å². The van der Waals surface area contributed by atoms with Crippen molar-refractivity contribution in [2.45, 2.75) is 39.5 Å². The summed E-state index contributed by atoms with van der Waals surface area (Å²) in [5.74, 6) is 0.636. The average molecular weight is 236 g/mol. The van der Waals surface area contributed by atoms with Crippen LogP contribution in [-0.2, 0) is 11.3 Å². The van der Waals surface area contributed by atoms with E-state index in [1.165, 1.54) is 0 Å². The number of para-hydroxylation sites is 1. The van der Waals surface area contributed by atoms with Gasteiger partial charge in [-0.15, -0.1) is 0 Å². The Kier molecular flexibility index (Phi) is 4.97. The van der Waals surface area contributed by atoms with Crippen LogP contribution in [-0.4, -0.2) is 18.1 Å². The molecule has 0 saturated heterocycles. The number of amides is 1. The first-order valence-corrected chi connectivity index (χ1v) is 5.78. The second-order valence-corrected chi connectivity index (χ2v) is 4.28. The van der Waals surface area contributed by atoms with E-state index in [0.29, 0.717) is 6.54 Å². The second-order valence-electron chi connectivity index (χ2n) is 4.28. The smallest absolute Gasteiger partial charge is 0.236 e. The lowest BCUT2D eigenvalue weighted by Gasteiger charge is -2.15. The topological polar surface area (TPSA) is 64.3 Å².